The molecule has 0 bridgehead atoms. The van der Waals surface area contributed by atoms with E-state index in [0.717, 1.165) is 0 Å². The highest BCUT2D eigenvalue weighted by Crippen LogP contribution is 2.48. The first-order chi connectivity index (χ1) is 10.1. The molecule has 2 heterocycles. The summed E-state index contributed by atoms with van der Waals surface area (Å²) in [6.07, 6.45) is 2.11. The number of nitriles is 1. The molecule has 1 aliphatic rings. The highest BCUT2D eigenvalue weighted by molar-refractivity contribution is 5.58. The molecule has 21 heavy (non-hydrogen) atoms. The Hall–Kier alpha value is -2.81. The number of ether oxygens (including phenoxy) is 1. The van der Waals surface area contributed by atoms with Crippen LogP contribution < -0.4 is 10.5 Å². The predicted molar refractivity (Wildman–Crippen MR) is 73.5 cm³/mol. The summed E-state index contributed by atoms with van der Waals surface area (Å²) in [6, 6.07) is 8.28. The Balaban J connectivity index is 2.36. The quantitative estimate of drug-likeness (QED) is 0.886. The second kappa shape index (κ2) is 4.63. The standard InChI is InChI=1S/C15H13FN4O/c1-2-15(9-4-3-5-10(16)6-9)11(7-17)13(18)21-14-12(15)8-19-20-14/h3-6,8H,2,18H2,1H3,(H,19,20). The first-order valence-electron chi connectivity index (χ1n) is 6.51. The summed E-state index contributed by atoms with van der Waals surface area (Å²) in [5.41, 5.74) is 6.62. The lowest BCUT2D eigenvalue weighted by molar-refractivity contribution is 0.353. The maximum absolute atomic E-state index is 13.7. The molecule has 3 N–H and O–H groups in total. The molecule has 1 unspecified atom stereocenters. The van der Waals surface area contributed by atoms with Gasteiger partial charge in [0.05, 0.1) is 17.2 Å². The maximum atomic E-state index is 13.7. The minimum Gasteiger partial charge on any atom is -0.422 e. The van der Waals surface area contributed by atoms with E-state index in [4.69, 9.17) is 10.5 Å². The summed E-state index contributed by atoms with van der Waals surface area (Å²) in [5.74, 6) is 0.0331. The van der Waals surface area contributed by atoms with Gasteiger partial charge < -0.3 is 10.5 Å². The zero-order chi connectivity index (χ0) is 15.0. The van der Waals surface area contributed by atoms with Gasteiger partial charge in [-0.25, -0.2) is 9.49 Å². The summed E-state index contributed by atoms with van der Waals surface area (Å²) in [7, 11) is 0. The number of nitrogens with two attached hydrogens (primary N) is 1. The first-order valence-corrected chi connectivity index (χ1v) is 6.51. The number of benzene rings is 1. The Morgan fingerprint density at radius 1 is 1.52 bits per heavy atom. The van der Waals surface area contributed by atoms with Crippen molar-refractivity contribution in [1.82, 2.24) is 10.2 Å². The third-order valence-electron chi connectivity index (χ3n) is 3.91. The molecule has 1 atom stereocenters. The molecule has 0 amide bonds. The lowest BCUT2D eigenvalue weighted by Gasteiger charge is -2.36. The molecule has 0 radical (unpaired) electrons. The zero-order valence-corrected chi connectivity index (χ0v) is 11.4. The first kappa shape index (κ1) is 13.2. The average molecular weight is 284 g/mol. The molecule has 2 aromatic rings. The number of fused-ring (bicyclic) bond motifs is 1. The number of H-pyrrole nitrogens is 1. The number of rotatable bonds is 2. The molecule has 0 fully saturated rings. The Morgan fingerprint density at radius 2 is 2.33 bits per heavy atom. The van der Waals surface area contributed by atoms with Crippen molar-refractivity contribution < 1.29 is 9.13 Å². The summed E-state index contributed by atoms with van der Waals surface area (Å²) < 4.78 is 19.1. The Kier molecular flexibility index (Phi) is 2.91. The highest BCUT2D eigenvalue weighted by atomic mass is 19.1. The van der Waals surface area contributed by atoms with Gasteiger partial charge in [-0.05, 0) is 24.1 Å². The predicted octanol–water partition coefficient (Wildman–Crippen LogP) is 2.33. The van der Waals surface area contributed by atoms with Crippen LogP contribution in [-0.2, 0) is 5.41 Å². The van der Waals surface area contributed by atoms with E-state index in [1.165, 1.54) is 12.1 Å². The molecule has 1 aliphatic heterocycles. The minimum absolute atomic E-state index is 0.0142. The third-order valence-corrected chi connectivity index (χ3v) is 3.91. The molecule has 6 heteroatoms. The lowest BCUT2D eigenvalue weighted by Crippen LogP contribution is -2.36. The zero-order valence-electron chi connectivity index (χ0n) is 11.4. The van der Waals surface area contributed by atoms with Crippen LogP contribution in [0.2, 0.25) is 0 Å². The fourth-order valence-corrected chi connectivity index (χ4v) is 2.94. The van der Waals surface area contributed by atoms with Crippen LogP contribution in [0, 0.1) is 17.1 Å². The molecular weight excluding hydrogens is 271 g/mol. The van der Waals surface area contributed by atoms with Gasteiger partial charge in [-0.2, -0.15) is 10.4 Å². The number of halogens is 1. The fraction of sp³-hybridized carbons (Fsp3) is 0.200. The normalized spacial score (nSPS) is 20.6. The number of hydrogen-bond acceptors (Lipinski definition) is 4. The minimum atomic E-state index is -0.860. The number of nitrogens with one attached hydrogen (secondary N) is 1. The van der Waals surface area contributed by atoms with Crippen LogP contribution in [0.4, 0.5) is 4.39 Å². The fourth-order valence-electron chi connectivity index (χ4n) is 2.94. The average Bonchev–Trinajstić information content (AvgIpc) is 2.94. The van der Waals surface area contributed by atoms with E-state index in [1.54, 1.807) is 18.3 Å². The second-order valence-corrected chi connectivity index (χ2v) is 4.84. The number of nitrogens with zero attached hydrogens (tertiary/aromatic N) is 2. The van der Waals surface area contributed by atoms with E-state index in [2.05, 4.69) is 16.3 Å². The SMILES string of the molecule is CCC1(c2cccc(F)c2)C(C#N)=C(N)Oc2[nH]ncc21. The van der Waals surface area contributed by atoms with Crippen LogP contribution in [-0.4, -0.2) is 10.2 Å². The third kappa shape index (κ3) is 1.71. The van der Waals surface area contributed by atoms with E-state index in [-0.39, 0.29) is 17.3 Å². The van der Waals surface area contributed by atoms with Gasteiger partial charge in [0, 0.05) is 0 Å². The van der Waals surface area contributed by atoms with Crippen molar-refractivity contribution in [2.24, 2.45) is 5.73 Å². The number of allylic oxidation sites excluding steroid dienone is 1. The van der Waals surface area contributed by atoms with Gasteiger partial charge in [0.15, 0.2) is 0 Å². The maximum Gasteiger partial charge on any atom is 0.221 e. The summed E-state index contributed by atoms with van der Waals surface area (Å²) in [5, 5.41) is 16.2. The highest BCUT2D eigenvalue weighted by Gasteiger charge is 2.45. The van der Waals surface area contributed by atoms with Crippen molar-refractivity contribution >= 4 is 0 Å². The molecule has 1 aromatic heterocycles. The number of hydrogen-bond donors (Lipinski definition) is 2. The van der Waals surface area contributed by atoms with Gasteiger partial charge >= 0.3 is 0 Å². The van der Waals surface area contributed by atoms with Gasteiger partial charge in [-0.15, -0.1) is 0 Å². The molecule has 5 nitrogen and oxygen atoms in total. The molecule has 0 saturated heterocycles. The van der Waals surface area contributed by atoms with Crippen LogP contribution in [0.1, 0.15) is 24.5 Å². The van der Waals surface area contributed by atoms with E-state index in [0.29, 0.717) is 23.4 Å². The monoisotopic (exact) mass is 284 g/mol. The van der Waals surface area contributed by atoms with E-state index < -0.39 is 5.41 Å². The van der Waals surface area contributed by atoms with Gasteiger partial charge in [0.25, 0.3) is 0 Å². The lowest BCUT2D eigenvalue weighted by atomic mass is 9.67. The Bertz CT molecular complexity index is 774. The summed E-state index contributed by atoms with van der Waals surface area (Å²) in [6.45, 7) is 1.91. The Morgan fingerprint density at radius 3 is 3.00 bits per heavy atom. The van der Waals surface area contributed by atoms with E-state index >= 15 is 0 Å². The van der Waals surface area contributed by atoms with E-state index in [9.17, 15) is 9.65 Å². The number of aromatic nitrogens is 2. The molecule has 0 saturated carbocycles. The molecule has 3 rings (SSSR count). The van der Waals surface area contributed by atoms with Gasteiger partial charge in [0.2, 0.25) is 11.8 Å². The Labute approximate surface area is 120 Å². The van der Waals surface area contributed by atoms with Crippen LogP contribution in [0.5, 0.6) is 5.88 Å². The van der Waals surface area contributed by atoms with Crippen LogP contribution in [0.3, 0.4) is 0 Å². The molecule has 106 valence electrons. The second-order valence-electron chi connectivity index (χ2n) is 4.84. The van der Waals surface area contributed by atoms with Crippen molar-refractivity contribution in [1.29, 1.82) is 5.26 Å². The van der Waals surface area contributed by atoms with Gasteiger partial charge in [-0.1, -0.05) is 19.1 Å². The van der Waals surface area contributed by atoms with Crippen molar-refractivity contribution in [3.63, 3.8) is 0 Å². The van der Waals surface area contributed by atoms with E-state index in [1.807, 2.05) is 6.92 Å². The van der Waals surface area contributed by atoms with Crippen molar-refractivity contribution in [3.8, 4) is 11.9 Å². The summed E-state index contributed by atoms with van der Waals surface area (Å²) in [4.78, 5) is 0. The largest absolute Gasteiger partial charge is 0.422 e. The van der Waals surface area contributed by atoms with Crippen molar-refractivity contribution in [2.75, 3.05) is 0 Å². The van der Waals surface area contributed by atoms with Gasteiger partial charge in [-0.3, -0.25) is 0 Å². The number of aromatic amines is 1. The molecule has 0 spiro atoms. The van der Waals surface area contributed by atoms with Gasteiger partial charge in [0.1, 0.15) is 17.5 Å². The molecule has 0 aliphatic carbocycles. The molecule has 1 aromatic carbocycles. The van der Waals surface area contributed by atoms with Crippen molar-refractivity contribution in [2.45, 2.75) is 18.8 Å². The summed E-state index contributed by atoms with van der Waals surface area (Å²) >= 11 is 0. The van der Waals surface area contributed by atoms with Crippen molar-refractivity contribution in [3.05, 3.63) is 58.9 Å². The smallest absolute Gasteiger partial charge is 0.221 e. The van der Waals surface area contributed by atoms with Crippen LogP contribution >= 0.6 is 0 Å². The van der Waals surface area contributed by atoms with Crippen LogP contribution in [0.15, 0.2) is 41.9 Å². The topological polar surface area (TPSA) is 87.7 Å². The molecular formula is C15H13FN4O. The van der Waals surface area contributed by atoms with Crippen LogP contribution in [0.25, 0.3) is 0 Å².